The van der Waals surface area contributed by atoms with Crippen molar-refractivity contribution in [2.75, 3.05) is 49.5 Å². The first-order valence-corrected chi connectivity index (χ1v) is 12.6. The molecule has 4 rings (SSSR count). The van der Waals surface area contributed by atoms with Gasteiger partial charge in [-0.2, -0.15) is 0 Å². The maximum Gasteiger partial charge on any atom is 0.267 e. The van der Waals surface area contributed by atoms with E-state index in [1.807, 2.05) is 19.1 Å². The number of amides is 1. The molecule has 3 N–H and O–H groups in total. The van der Waals surface area contributed by atoms with Crippen molar-refractivity contribution < 1.29 is 9.90 Å². The maximum atomic E-state index is 12.7. The SMILES string of the molecule is Cc1nc(Nc2ncc(C(=O)NC3=C(Br)CCC=C3Cl)s2)cc(N2CCN(CCO)CC2)n1. The minimum Gasteiger partial charge on any atom is -0.395 e. The van der Waals surface area contributed by atoms with Crippen molar-refractivity contribution in [3.8, 4) is 0 Å². The second-order valence-electron chi connectivity index (χ2n) is 7.69. The molecule has 0 aromatic carbocycles. The molecule has 33 heavy (non-hydrogen) atoms. The molecule has 1 amide bonds. The lowest BCUT2D eigenvalue weighted by atomic mass is 10.1. The van der Waals surface area contributed by atoms with E-state index in [4.69, 9.17) is 16.7 Å². The third-order valence-electron chi connectivity index (χ3n) is 5.34. The number of β-amino-alcohol motifs (C(OH)–C–C–N with tert-alkyl or cyclic N) is 1. The molecule has 3 heterocycles. The molecule has 2 aromatic rings. The molecule has 2 aliphatic rings. The predicted molar refractivity (Wildman–Crippen MR) is 134 cm³/mol. The summed E-state index contributed by atoms with van der Waals surface area (Å²) in [5, 5.41) is 16.3. The molecule has 1 saturated heterocycles. The van der Waals surface area contributed by atoms with Crippen LogP contribution in [-0.4, -0.2) is 70.2 Å². The van der Waals surface area contributed by atoms with E-state index >= 15 is 0 Å². The fourth-order valence-electron chi connectivity index (χ4n) is 3.65. The minimum absolute atomic E-state index is 0.174. The molecule has 12 heteroatoms. The first kappa shape index (κ1) is 24.1. The summed E-state index contributed by atoms with van der Waals surface area (Å²) >= 11 is 11.0. The van der Waals surface area contributed by atoms with Crippen LogP contribution in [0.15, 0.2) is 33.6 Å². The second-order valence-corrected chi connectivity index (χ2v) is 10.1. The molecule has 0 atom stereocenters. The van der Waals surface area contributed by atoms with Crippen LogP contribution in [0.4, 0.5) is 16.8 Å². The highest BCUT2D eigenvalue weighted by Gasteiger charge is 2.20. The van der Waals surface area contributed by atoms with Gasteiger partial charge < -0.3 is 20.6 Å². The van der Waals surface area contributed by atoms with Crippen LogP contribution in [0.1, 0.15) is 28.3 Å². The van der Waals surface area contributed by atoms with Gasteiger partial charge in [-0.25, -0.2) is 15.0 Å². The first-order chi connectivity index (χ1) is 15.9. The van der Waals surface area contributed by atoms with Gasteiger partial charge in [-0.1, -0.05) is 44.9 Å². The fourth-order valence-corrected chi connectivity index (χ4v) is 5.30. The van der Waals surface area contributed by atoms with Crippen molar-refractivity contribution in [3.63, 3.8) is 0 Å². The lowest BCUT2D eigenvalue weighted by molar-refractivity contribution is 0.0970. The highest BCUT2D eigenvalue weighted by atomic mass is 79.9. The van der Waals surface area contributed by atoms with Crippen LogP contribution in [0.2, 0.25) is 0 Å². The first-order valence-electron chi connectivity index (χ1n) is 10.7. The van der Waals surface area contributed by atoms with Crippen LogP contribution in [0.5, 0.6) is 0 Å². The number of rotatable bonds is 7. The number of carbonyl (C=O) groups is 1. The van der Waals surface area contributed by atoms with Crippen LogP contribution < -0.4 is 15.5 Å². The maximum absolute atomic E-state index is 12.7. The Balaban J connectivity index is 1.42. The molecule has 9 nitrogen and oxygen atoms in total. The van der Waals surface area contributed by atoms with Gasteiger partial charge in [-0.3, -0.25) is 9.69 Å². The van der Waals surface area contributed by atoms with E-state index in [1.165, 1.54) is 17.5 Å². The largest absolute Gasteiger partial charge is 0.395 e. The van der Waals surface area contributed by atoms with E-state index in [1.54, 1.807) is 0 Å². The average molecular weight is 555 g/mol. The summed E-state index contributed by atoms with van der Waals surface area (Å²) in [6.07, 6.45) is 5.06. The molecule has 0 spiro atoms. The lowest BCUT2D eigenvalue weighted by Gasteiger charge is -2.35. The number of aliphatic hydroxyl groups is 1. The summed E-state index contributed by atoms with van der Waals surface area (Å²) in [5.41, 5.74) is 0.603. The summed E-state index contributed by atoms with van der Waals surface area (Å²) < 4.78 is 0.882. The summed E-state index contributed by atoms with van der Waals surface area (Å²) in [6.45, 7) is 6.14. The zero-order valence-electron chi connectivity index (χ0n) is 18.1. The van der Waals surface area contributed by atoms with Crippen molar-refractivity contribution in [3.05, 3.63) is 44.3 Å². The summed E-state index contributed by atoms with van der Waals surface area (Å²) in [7, 11) is 0. The van der Waals surface area contributed by atoms with Gasteiger partial charge in [-0.05, 0) is 19.8 Å². The summed E-state index contributed by atoms with van der Waals surface area (Å²) in [4.78, 5) is 31.0. The number of nitrogens with one attached hydrogen (secondary N) is 2. The number of aryl methyl sites for hydroxylation is 1. The van der Waals surface area contributed by atoms with Crippen LogP contribution in [-0.2, 0) is 0 Å². The summed E-state index contributed by atoms with van der Waals surface area (Å²) in [5.74, 6) is 1.86. The van der Waals surface area contributed by atoms with Gasteiger partial charge in [0.05, 0.1) is 23.5 Å². The van der Waals surface area contributed by atoms with Gasteiger partial charge in [0.1, 0.15) is 22.3 Å². The number of carbonyl (C=O) groups excluding carboxylic acids is 1. The van der Waals surface area contributed by atoms with E-state index in [0.29, 0.717) is 38.9 Å². The van der Waals surface area contributed by atoms with E-state index in [9.17, 15) is 4.79 Å². The van der Waals surface area contributed by atoms with Crippen molar-refractivity contribution >= 4 is 61.5 Å². The minimum atomic E-state index is -0.263. The van der Waals surface area contributed by atoms with Gasteiger partial charge in [0.25, 0.3) is 5.91 Å². The average Bonchev–Trinajstić information content (AvgIpc) is 3.25. The monoisotopic (exact) mass is 553 g/mol. The number of halogens is 2. The van der Waals surface area contributed by atoms with Crippen LogP contribution in [0.3, 0.4) is 0 Å². The Bertz CT molecular complexity index is 1080. The van der Waals surface area contributed by atoms with Gasteiger partial charge in [0.15, 0.2) is 5.13 Å². The van der Waals surface area contributed by atoms with Gasteiger partial charge in [-0.15, -0.1) is 0 Å². The van der Waals surface area contributed by atoms with Gasteiger partial charge in [0, 0.05) is 43.3 Å². The molecule has 0 radical (unpaired) electrons. The molecular weight excluding hydrogens is 530 g/mol. The number of nitrogens with zero attached hydrogens (tertiary/aromatic N) is 5. The number of aliphatic hydroxyl groups excluding tert-OH is 1. The van der Waals surface area contributed by atoms with Crippen LogP contribution >= 0.6 is 38.9 Å². The van der Waals surface area contributed by atoms with Gasteiger partial charge in [0.2, 0.25) is 0 Å². The third kappa shape index (κ3) is 6.10. The molecular formula is C21H25BrClN7O2S. The number of allylic oxidation sites excluding steroid dienone is 3. The molecule has 176 valence electrons. The highest BCUT2D eigenvalue weighted by Crippen LogP contribution is 2.31. The normalized spacial score (nSPS) is 17.2. The molecule has 1 aliphatic carbocycles. The molecule has 1 fully saturated rings. The van der Waals surface area contributed by atoms with Crippen molar-refractivity contribution in [1.82, 2.24) is 25.2 Å². The highest BCUT2D eigenvalue weighted by molar-refractivity contribution is 9.11. The fraction of sp³-hybridized carbons (Fsp3) is 0.429. The smallest absolute Gasteiger partial charge is 0.267 e. The van der Waals surface area contributed by atoms with E-state index < -0.39 is 0 Å². The molecule has 0 saturated carbocycles. The Morgan fingerprint density at radius 2 is 2.09 bits per heavy atom. The van der Waals surface area contributed by atoms with Crippen molar-refractivity contribution in [2.24, 2.45) is 0 Å². The van der Waals surface area contributed by atoms with Crippen LogP contribution in [0, 0.1) is 6.92 Å². The predicted octanol–water partition coefficient (Wildman–Crippen LogP) is 3.35. The molecule has 0 unspecified atom stereocenters. The zero-order chi connectivity index (χ0) is 23.4. The van der Waals surface area contributed by atoms with E-state index in [0.717, 1.165) is 49.3 Å². The molecule has 2 aromatic heterocycles. The Hall–Kier alpha value is -2.05. The van der Waals surface area contributed by atoms with E-state index in [-0.39, 0.29) is 12.5 Å². The van der Waals surface area contributed by atoms with Crippen LogP contribution in [0.25, 0.3) is 0 Å². The number of anilines is 3. The topological polar surface area (TPSA) is 107 Å². The summed E-state index contributed by atoms with van der Waals surface area (Å²) in [6, 6.07) is 1.89. The standard InChI is InChI=1S/C21H25BrClN7O2S/c1-13-25-17(11-18(26-13)30-7-5-29(6-8-30)9-10-31)27-21-24-12-16(33-21)20(32)28-19-14(22)3-2-4-15(19)23/h4,11-12,31H,2-3,5-10H2,1H3,(H,28,32)(H,24,25,26,27). The molecule has 1 aliphatic heterocycles. The Morgan fingerprint density at radius 3 is 2.82 bits per heavy atom. The van der Waals surface area contributed by atoms with E-state index in [2.05, 4.69) is 51.3 Å². The number of hydrogen-bond acceptors (Lipinski definition) is 9. The Kier molecular flexibility index (Phi) is 7.97. The lowest BCUT2D eigenvalue weighted by Crippen LogP contribution is -2.47. The Labute approximate surface area is 209 Å². The van der Waals surface area contributed by atoms with Crippen molar-refractivity contribution in [1.29, 1.82) is 0 Å². The third-order valence-corrected chi connectivity index (χ3v) is 7.39. The second kappa shape index (κ2) is 10.9. The quantitative estimate of drug-likeness (QED) is 0.478. The number of thiazole rings is 1. The number of hydrogen-bond donors (Lipinski definition) is 3. The number of aromatic nitrogens is 3. The van der Waals surface area contributed by atoms with Gasteiger partial charge >= 0.3 is 0 Å². The Morgan fingerprint density at radius 1 is 1.30 bits per heavy atom. The zero-order valence-corrected chi connectivity index (χ0v) is 21.3. The van der Waals surface area contributed by atoms with Crippen molar-refractivity contribution in [2.45, 2.75) is 19.8 Å². The number of piperazine rings is 1. The molecule has 0 bridgehead atoms.